The van der Waals surface area contributed by atoms with E-state index in [4.69, 9.17) is 0 Å². The van der Waals surface area contributed by atoms with E-state index in [0.29, 0.717) is 12.4 Å². The first kappa shape index (κ1) is 16.0. The largest absolute Gasteiger partial charge is 0.351 e. The van der Waals surface area contributed by atoms with Gasteiger partial charge in [0.25, 0.3) is 0 Å². The van der Waals surface area contributed by atoms with Crippen LogP contribution in [0.4, 0.5) is 10.3 Å². The molecule has 2 aliphatic rings. The second kappa shape index (κ2) is 6.78. The summed E-state index contributed by atoms with van der Waals surface area (Å²) < 4.78 is 13.4. The summed E-state index contributed by atoms with van der Waals surface area (Å²) in [4.78, 5) is 23.2. The second-order valence-electron chi connectivity index (χ2n) is 6.75. The van der Waals surface area contributed by atoms with E-state index in [2.05, 4.69) is 20.2 Å². The van der Waals surface area contributed by atoms with Crippen LogP contribution in [0.15, 0.2) is 42.7 Å². The molecule has 3 atom stereocenters. The predicted octanol–water partition coefficient (Wildman–Crippen LogP) is 2.99. The van der Waals surface area contributed by atoms with Gasteiger partial charge in [0, 0.05) is 18.8 Å². The minimum Gasteiger partial charge on any atom is -0.351 e. The van der Waals surface area contributed by atoms with Crippen molar-refractivity contribution in [3.05, 3.63) is 54.1 Å². The second-order valence-corrected chi connectivity index (χ2v) is 6.75. The highest BCUT2D eigenvalue weighted by molar-refractivity contribution is 5.76. The number of nitrogens with zero attached hydrogens (tertiary/aromatic N) is 3. The van der Waals surface area contributed by atoms with Gasteiger partial charge in [0.1, 0.15) is 5.82 Å². The summed E-state index contributed by atoms with van der Waals surface area (Å²) in [5, 5.41) is 3.18. The molecule has 2 aromatic rings. The van der Waals surface area contributed by atoms with E-state index in [1.165, 1.54) is 12.1 Å². The van der Waals surface area contributed by atoms with Crippen LogP contribution in [0, 0.1) is 5.82 Å². The molecule has 2 aliphatic heterocycles. The molecule has 25 heavy (non-hydrogen) atoms. The average molecular weight is 340 g/mol. The molecule has 0 radical (unpaired) electrons. The van der Waals surface area contributed by atoms with Crippen LogP contribution in [-0.2, 0) is 4.79 Å². The molecule has 6 heteroatoms. The summed E-state index contributed by atoms with van der Waals surface area (Å²) in [6, 6.07) is 8.64. The Balaban J connectivity index is 1.73. The lowest BCUT2D eigenvalue weighted by Crippen LogP contribution is -2.46. The van der Waals surface area contributed by atoms with Gasteiger partial charge in [-0.2, -0.15) is 0 Å². The Bertz CT molecular complexity index is 737. The summed E-state index contributed by atoms with van der Waals surface area (Å²) in [6.07, 6.45) is 7.74. The molecule has 1 amide bonds. The molecular weight excluding hydrogens is 319 g/mol. The Kier molecular flexibility index (Phi) is 4.34. The van der Waals surface area contributed by atoms with Crippen LogP contribution >= 0.6 is 0 Å². The summed E-state index contributed by atoms with van der Waals surface area (Å²) in [5.74, 6) is 0.533. The van der Waals surface area contributed by atoms with Crippen LogP contribution in [0.2, 0.25) is 0 Å². The van der Waals surface area contributed by atoms with Crippen LogP contribution in [0.3, 0.4) is 0 Å². The fraction of sp³-hybridized carbons (Fsp3) is 0.421. The lowest BCUT2D eigenvalue weighted by Gasteiger charge is -2.33. The number of hydrogen-bond donors (Lipinski definition) is 1. The standard InChI is InChI=1S/C19H21FN4O/c20-14-8-6-13(7-9-14)17-12-15-16(4-1-2-5-18(25)23-15)24(17)19-21-10-3-11-22-19/h3,6-11,15-17H,1-2,4-5,12H2,(H,23,25)/t15-,16+,17+/m1/s1. The smallest absolute Gasteiger partial charge is 0.226 e. The number of carbonyl (C=O) groups excluding carboxylic acids is 1. The third-order valence-electron chi connectivity index (χ3n) is 5.17. The minimum atomic E-state index is -0.247. The van der Waals surface area contributed by atoms with Crippen molar-refractivity contribution >= 4 is 11.9 Å². The molecule has 3 heterocycles. The first-order valence-corrected chi connectivity index (χ1v) is 8.82. The van der Waals surface area contributed by atoms with Crippen molar-refractivity contribution in [1.29, 1.82) is 0 Å². The van der Waals surface area contributed by atoms with Crippen LogP contribution in [0.1, 0.15) is 43.7 Å². The van der Waals surface area contributed by atoms with Crippen molar-refractivity contribution in [2.75, 3.05) is 4.90 Å². The number of hydrogen-bond acceptors (Lipinski definition) is 4. The molecule has 0 bridgehead atoms. The molecule has 0 spiro atoms. The third-order valence-corrected chi connectivity index (χ3v) is 5.17. The molecule has 2 fully saturated rings. The fourth-order valence-corrected chi connectivity index (χ4v) is 4.04. The molecule has 2 saturated heterocycles. The Hall–Kier alpha value is -2.50. The molecule has 1 N–H and O–H groups in total. The minimum absolute atomic E-state index is 0.0244. The van der Waals surface area contributed by atoms with Gasteiger partial charge in [0.2, 0.25) is 11.9 Å². The van der Waals surface area contributed by atoms with Crippen LogP contribution < -0.4 is 10.2 Å². The molecule has 0 aliphatic carbocycles. The number of carbonyl (C=O) groups is 1. The lowest BCUT2D eigenvalue weighted by molar-refractivity contribution is -0.122. The van der Waals surface area contributed by atoms with Gasteiger partial charge in [-0.25, -0.2) is 14.4 Å². The highest BCUT2D eigenvalue weighted by Gasteiger charge is 2.43. The fourth-order valence-electron chi connectivity index (χ4n) is 4.04. The summed E-state index contributed by atoms with van der Waals surface area (Å²) in [5.41, 5.74) is 1.02. The number of benzene rings is 1. The maximum Gasteiger partial charge on any atom is 0.226 e. The van der Waals surface area contributed by atoms with E-state index in [0.717, 1.165) is 31.2 Å². The monoisotopic (exact) mass is 340 g/mol. The molecule has 1 aromatic carbocycles. The molecule has 1 aromatic heterocycles. The Morgan fingerprint density at radius 3 is 2.64 bits per heavy atom. The number of nitrogens with one attached hydrogen (secondary N) is 1. The SMILES string of the molecule is O=C1CCCC[C@H]2[C@@H](C[C@@H](c3ccc(F)cc3)N2c2ncccn2)N1. The van der Waals surface area contributed by atoms with E-state index < -0.39 is 0 Å². The van der Waals surface area contributed by atoms with Crippen LogP contribution in [-0.4, -0.2) is 28.0 Å². The maximum atomic E-state index is 13.4. The summed E-state index contributed by atoms with van der Waals surface area (Å²) >= 11 is 0. The van der Waals surface area contributed by atoms with Crippen molar-refractivity contribution in [2.45, 2.75) is 50.2 Å². The van der Waals surface area contributed by atoms with Gasteiger partial charge >= 0.3 is 0 Å². The van der Waals surface area contributed by atoms with E-state index in [9.17, 15) is 9.18 Å². The molecule has 5 nitrogen and oxygen atoms in total. The van der Waals surface area contributed by atoms with Gasteiger partial charge in [-0.3, -0.25) is 4.79 Å². The Morgan fingerprint density at radius 2 is 1.88 bits per heavy atom. The number of anilines is 1. The molecular formula is C19H21FN4O. The van der Waals surface area contributed by atoms with Crippen molar-refractivity contribution < 1.29 is 9.18 Å². The first-order valence-electron chi connectivity index (χ1n) is 8.82. The van der Waals surface area contributed by atoms with Crippen molar-refractivity contribution in [1.82, 2.24) is 15.3 Å². The van der Waals surface area contributed by atoms with Gasteiger partial charge < -0.3 is 10.2 Å². The van der Waals surface area contributed by atoms with Gasteiger partial charge in [-0.15, -0.1) is 0 Å². The summed E-state index contributed by atoms with van der Waals surface area (Å²) in [7, 11) is 0. The number of fused-ring (bicyclic) bond motifs is 1. The van der Waals surface area contributed by atoms with Crippen molar-refractivity contribution in [2.24, 2.45) is 0 Å². The van der Waals surface area contributed by atoms with Crippen LogP contribution in [0.5, 0.6) is 0 Å². The van der Waals surface area contributed by atoms with E-state index in [1.54, 1.807) is 18.5 Å². The Labute approximate surface area is 146 Å². The zero-order chi connectivity index (χ0) is 17.2. The number of rotatable bonds is 2. The van der Waals surface area contributed by atoms with E-state index in [-0.39, 0.29) is 29.8 Å². The van der Waals surface area contributed by atoms with Crippen molar-refractivity contribution in [3.63, 3.8) is 0 Å². The first-order chi connectivity index (χ1) is 12.2. The zero-order valence-electron chi connectivity index (χ0n) is 13.9. The van der Waals surface area contributed by atoms with Gasteiger partial charge in [-0.1, -0.05) is 18.6 Å². The van der Waals surface area contributed by atoms with E-state index in [1.807, 2.05) is 12.1 Å². The third kappa shape index (κ3) is 3.21. The highest BCUT2D eigenvalue weighted by atomic mass is 19.1. The van der Waals surface area contributed by atoms with Gasteiger partial charge in [-0.05, 0) is 43.0 Å². The molecule has 0 unspecified atom stereocenters. The molecule has 0 saturated carbocycles. The summed E-state index contributed by atoms with van der Waals surface area (Å²) in [6.45, 7) is 0. The van der Waals surface area contributed by atoms with E-state index >= 15 is 0 Å². The average Bonchev–Trinajstić information content (AvgIpc) is 2.96. The highest BCUT2D eigenvalue weighted by Crippen LogP contribution is 2.41. The molecule has 130 valence electrons. The zero-order valence-corrected chi connectivity index (χ0v) is 13.9. The quantitative estimate of drug-likeness (QED) is 0.913. The topological polar surface area (TPSA) is 58.1 Å². The number of amides is 1. The Morgan fingerprint density at radius 1 is 1.12 bits per heavy atom. The van der Waals surface area contributed by atoms with Gasteiger partial charge in [0.05, 0.1) is 18.1 Å². The van der Waals surface area contributed by atoms with Crippen molar-refractivity contribution in [3.8, 4) is 0 Å². The maximum absolute atomic E-state index is 13.4. The normalized spacial score (nSPS) is 26.5. The molecule has 4 rings (SSSR count). The van der Waals surface area contributed by atoms with Crippen LogP contribution in [0.25, 0.3) is 0 Å². The lowest BCUT2D eigenvalue weighted by atomic mass is 9.97. The number of aromatic nitrogens is 2. The number of halogens is 1. The van der Waals surface area contributed by atoms with Gasteiger partial charge in [0.15, 0.2) is 0 Å². The predicted molar refractivity (Wildman–Crippen MR) is 92.5 cm³/mol.